The van der Waals surface area contributed by atoms with Gasteiger partial charge in [-0.3, -0.25) is 14.7 Å². The first-order chi connectivity index (χ1) is 9.37. The van der Waals surface area contributed by atoms with Crippen LogP contribution in [0.15, 0.2) is 12.3 Å². The summed E-state index contributed by atoms with van der Waals surface area (Å²) in [6.07, 6.45) is 1.75. The van der Waals surface area contributed by atoms with Crippen LogP contribution in [-0.4, -0.2) is 64.6 Å². The zero-order valence-corrected chi connectivity index (χ0v) is 11.5. The Bertz CT molecular complexity index is 596. The lowest BCUT2D eigenvalue weighted by Gasteiger charge is -2.26. The van der Waals surface area contributed by atoms with Crippen LogP contribution in [0.1, 0.15) is 12.1 Å². The molecule has 20 heavy (non-hydrogen) atoms. The number of hydrogen-bond acceptors (Lipinski definition) is 5. The number of nitrogens with one attached hydrogen (secondary N) is 1. The van der Waals surface area contributed by atoms with Gasteiger partial charge in [-0.25, -0.2) is 8.42 Å². The average molecular weight is 301 g/mol. The maximum atomic E-state index is 12.2. The molecule has 1 atom stereocenters. The van der Waals surface area contributed by atoms with Crippen LogP contribution in [0.3, 0.4) is 0 Å². The molecule has 0 aromatic carbocycles. The lowest BCUT2D eigenvalue weighted by Crippen LogP contribution is -2.45. The highest BCUT2D eigenvalue weighted by molar-refractivity contribution is 7.91. The number of carbonyl (C=O) groups is 2. The highest BCUT2D eigenvalue weighted by atomic mass is 32.2. The molecule has 0 bridgehead atoms. The summed E-state index contributed by atoms with van der Waals surface area (Å²) >= 11 is 0. The summed E-state index contributed by atoms with van der Waals surface area (Å²) in [4.78, 5) is 24.2. The molecule has 1 saturated heterocycles. The van der Waals surface area contributed by atoms with Crippen molar-refractivity contribution in [1.29, 1.82) is 0 Å². The van der Waals surface area contributed by atoms with Gasteiger partial charge in [-0.2, -0.15) is 5.10 Å². The lowest BCUT2D eigenvalue weighted by molar-refractivity contribution is -0.145. The number of aliphatic carboxylic acids is 1. The van der Waals surface area contributed by atoms with Gasteiger partial charge in [0.25, 0.3) is 0 Å². The maximum absolute atomic E-state index is 12.2. The van der Waals surface area contributed by atoms with Crippen molar-refractivity contribution in [2.24, 2.45) is 0 Å². The van der Waals surface area contributed by atoms with Crippen molar-refractivity contribution in [3.63, 3.8) is 0 Å². The predicted molar refractivity (Wildman–Crippen MR) is 68.7 cm³/mol. The molecule has 0 aliphatic carbocycles. The number of aromatic nitrogens is 2. The summed E-state index contributed by atoms with van der Waals surface area (Å²) < 4.78 is 22.9. The number of carboxylic acids is 1. The second-order valence-corrected chi connectivity index (χ2v) is 6.96. The van der Waals surface area contributed by atoms with Gasteiger partial charge in [0.1, 0.15) is 6.54 Å². The minimum absolute atomic E-state index is 0.00881. The average Bonchev–Trinajstić information content (AvgIpc) is 2.95. The summed E-state index contributed by atoms with van der Waals surface area (Å²) in [6, 6.07) is 1.05. The van der Waals surface area contributed by atoms with Crippen LogP contribution in [0.4, 0.5) is 0 Å². The van der Waals surface area contributed by atoms with E-state index in [1.54, 1.807) is 6.07 Å². The van der Waals surface area contributed by atoms with E-state index in [9.17, 15) is 18.0 Å². The minimum Gasteiger partial charge on any atom is -0.480 e. The van der Waals surface area contributed by atoms with Crippen molar-refractivity contribution in [2.75, 3.05) is 18.1 Å². The molecular formula is C11H15N3O5S. The van der Waals surface area contributed by atoms with Gasteiger partial charge in [0.15, 0.2) is 9.84 Å². The molecular weight excluding hydrogens is 286 g/mol. The first-order valence-electron chi connectivity index (χ1n) is 6.07. The minimum atomic E-state index is -3.18. The molecule has 1 amide bonds. The Morgan fingerprint density at radius 1 is 1.50 bits per heavy atom. The number of aromatic amines is 1. The van der Waals surface area contributed by atoms with E-state index in [4.69, 9.17) is 5.11 Å². The van der Waals surface area contributed by atoms with E-state index in [2.05, 4.69) is 10.2 Å². The number of H-pyrrole nitrogens is 1. The molecule has 1 unspecified atom stereocenters. The van der Waals surface area contributed by atoms with E-state index in [-0.39, 0.29) is 24.3 Å². The van der Waals surface area contributed by atoms with E-state index >= 15 is 0 Å². The lowest BCUT2D eigenvalue weighted by atomic mass is 10.2. The molecule has 1 aliphatic heterocycles. The van der Waals surface area contributed by atoms with Crippen molar-refractivity contribution < 1.29 is 23.1 Å². The molecule has 1 aromatic rings. The van der Waals surface area contributed by atoms with Crippen molar-refractivity contribution in [3.05, 3.63) is 18.0 Å². The molecule has 1 aliphatic rings. The number of amides is 1. The van der Waals surface area contributed by atoms with Gasteiger partial charge >= 0.3 is 5.97 Å². The van der Waals surface area contributed by atoms with Crippen LogP contribution in [0.5, 0.6) is 0 Å². The summed E-state index contributed by atoms with van der Waals surface area (Å²) in [5.74, 6) is -1.76. The molecule has 2 heterocycles. The molecule has 110 valence electrons. The maximum Gasteiger partial charge on any atom is 0.323 e. The molecule has 0 saturated carbocycles. The highest BCUT2D eigenvalue weighted by Gasteiger charge is 2.35. The zero-order valence-electron chi connectivity index (χ0n) is 10.7. The number of sulfone groups is 1. The third-order valence-corrected chi connectivity index (χ3v) is 4.93. The molecule has 9 heteroatoms. The van der Waals surface area contributed by atoms with E-state index in [1.165, 1.54) is 6.20 Å². The molecule has 8 nitrogen and oxygen atoms in total. The topological polar surface area (TPSA) is 120 Å². The summed E-state index contributed by atoms with van der Waals surface area (Å²) in [6.45, 7) is -0.493. The monoisotopic (exact) mass is 301 g/mol. The fourth-order valence-corrected chi connectivity index (χ4v) is 3.97. The van der Waals surface area contributed by atoms with Crippen LogP contribution in [0.25, 0.3) is 0 Å². The standard InChI is InChI=1S/C11H15N3O5S/c15-10(5-8-1-3-12-13-8)14(6-11(16)17)9-2-4-20(18,19)7-9/h1,3,9H,2,4-7H2,(H,12,13)(H,16,17). The third-order valence-electron chi connectivity index (χ3n) is 3.18. The molecule has 0 spiro atoms. The van der Waals surface area contributed by atoms with Crippen LogP contribution >= 0.6 is 0 Å². The second-order valence-electron chi connectivity index (χ2n) is 4.73. The summed E-state index contributed by atoms with van der Waals surface area (Å²) in [5.41, 5.74) is 0.561. The Kier molecular flexibility index (Phi) is 4.07. The van der Waals surface area contributed by atoms with Crippen molar-refractivity contribution in [3.8, 4) is 0 Å². The highest BCUT2D eigenvalue weighted by Crippen LogP contribution is 2.18. The van der Waals surface area contributed by atoms with Crippen LogP contribution in [0, 0.1) is 0 Å². The quantitative estimate of drug-likeness (QED) is 0.723. The third kappa shape index (κ3) is 3.56. The normalized spacial score (nSPS) is 20.7. The van der Waals surface area contributed by atoms with E-state index in [1.807, 2.05) is 0 Å². The number of carbonyl (C=O) groups excluding carboxylic acids is 1. The van der Waals surface area contributed by atoms with Crippen molar-refractivity contribution >= 4 is 21.7 Å². The smallest absolute Gasteiger partial charge is 0.323 e. The van der Waals surface area contributed by atoms with Crippen LogP contribution < -0.4 is 0 Å². The summed E-state index contributed by atoms with van der Waals surface area (Å²) in [7, 11) is -3.18. The molecule has 2 N–H and O–H groups in total. The molecule has 2 rings (SSSR count). The number of nitrogens with zero attached hydrogens (tertiary/aromatic N) is 2. The van der Waals surface area contributed by atoms with Gasteiger partial charge in [0.2, 0.25) is 5.91 Å². The Hall–Kier alpha value is -1.90. The van der Waals surface area contributed by atoms with Gasteiger partial charge in [0.05, 0.1) is 17.9 Å². The Balaban J connectivity index is 2.11. The molecule has 0 radical (unpaired) electrons. The van der Waals surface area contributed by atoms with Crippen LogP contribution in [0.2, 0.25) is 0 Å². The SMILES string of the molecule is O=C(O)CN(C(=O)Cc1ccn[nH]1)C1CCS(=O)(=O)C1. The van der Waals surface area contributed by atoms with Gasteiger partial charge in [-0.1, -0.05) is 0 Å². The first kappa shape index (κ1) is 14.5. The second kappa shape index (κ2) is 5.61. The molecule has 1 fully saturated rings. The Morgan fingerprint density at radius 3 is 2.75 bits per heavy atom. The van der Waals surface area contributed by atoms with Crippen molar-refractivity contribution in [1.82, 2.24) is 15.1 Å². The van der Waals surface area contributed by atoms with Gasteiger partial charge in [-0.15, -0.1) is 0 Å². The van der Waals surface area contributed by atoms with Crippen LogP contribution in [-0.2, 0) is 25.8 Å². The van der Waals surface area contributed by atoms with Gasteiger partial charge < -0.3 is 10.0 Å². The largest absolute Gasteiger partial charge is 0.480 e. The molecule has 1 aromatic heterocycles. The fraction of sp³-hybridized carbons (Fsp3) is 0.545. The Morgan fingerprint density at radius 2 is 2.25 bits per heavy atom. The van der Waals surface area contributed by atoms with E-state index < -0.39 is 34.3 Å². The van der Waals surface area contributed by atoms with Crippen molar-refractivity contribution in [2.45, 2.75) is 18.9 Å². The van der Waals surface area contributed by atoms with Gasteiger partial charge in [-0.05, 0) is 12.5 Å². The van der Waals surface area contributed by atoms with Gasteiger partial charge in [0, 0.05) is 17.9 Å². The predicted octanol–water partition coefficient (Wildman–Crippen LogP) is -0.947. The Labute approximate surface area is 115 Å². The number of hydrogen-bond donors (Lipinski definition) is 2. The fourth-order valence-electron chi connectivity index (χ4n) is 2.24. The van der Waals surface area contributed by atoms with E-state index in [0.717, 1.165) is 4.90 Å². The van der Waals surface area contributed by atoms with E-state index in [0.29, 0.717) is 5.69 Å². The summed E-state index contributed by atoms with van der Waals surface area (Å²) in [5, 5.41) is 15.2. The number of carboxylic acid groups (broad SMARTS) is 1. The first-order valence-corrected chi connectivity index (χ1v) is 7.89. The zero-order chi connectivity index (χ0) is 14.8. The number of rotatable bonds is 5.